The number of rotatable bonds is 5. The topological polar surface area (TPSA) is 24.9 Å². The summed E-state index contributed by atoms with van der Waals surface area (Å²) in [6.07, 6.45) is 8.77. The standard InChI is InChI=1S/C14H21BrN2/c1-2-16-14(9-11-5-3-4-6-11)13-8-7-12(15)10-17-13/h7-8,10-11,14,16H,2-6,9H2,1H3. The molecule has 17 heavy (non-hydrogen) atoms. The van der Waals surface area contributed by atoms with Gasteiger partial charge in [-0.2, -0.15) is 0 Å². The van der Waals surface area contributed by atoms with Crippen LogP contribution in [0.4, 0.5) is 0 Å². The summed E-state index contributed by atoms with van der Waals surface area (Å²) >= 11 is 3.44. The zero-order valence-corrected chi connectivity index (χ0v) is 12.0. The van der Waals surface area contributed by atoms with Crippen molar-refractivity contribution >= 4 is 15.9 Å². The van der Waals surface area contributed by atoms with Crippen molar-refractivity contribution in [3.63, 3.8) is 0 Å². The summed E-state index contributed by atoms with van der Waals surface area (Å²) in [5, 5.41) is 3.57. The van der Waals surface area contributed by atoms with Crippen LogP contribution in [-0.2, 0) is 0 Å². The highest BCUT2D eigenvalue weighted by molar-refractivity contribution is 9.10. The first-order valence-corrected chi connectivity index (χ1v) is 7.43. The van der Waals surface area contributed by atoms with Crippen molar-refractivity contribution < 1.29 is 0 Å². The first kappa shape index (κ1) is 13.0. The van der Waals surface area contributed by atoms with Gasteiger partial charge in [0.2, 0.25) is 0 Å². The molecule has 0 aliphatic heterocycles. The fourth-order valence-electron chi connectivity index (χ4n) is 2.73. The number of halogens is 1. The van der Waals surface area contributed by atoms with E-state index in [1.165, 1.54) is 37.8 Å². The minimum atomic E-state index is 0.427. The predicted molar refractivity (Wildman–Crippen MR) is 74.9 cm³/mol. The molecule has 1 aromatic rings. The Morgan fingerprint density at radius 2 is 2.18 bits per heavy atom. The largest absolute Gasteiger partial charge is 0.309 e. The monoisotopic (exact) mass is 296 g/mol. The Morgan fingerprint density at radius 1 is 1.41 bits per heavy atom. The van der Waals surface area contributed by atoms with Gasteiger partial charge in [0.15, 0.2) is 0 Å². The van der Waals surface area contributed by atoms with E-state index in [9.17, 15) is 0 Å². The van der Waals surface area contributed by atoms with E-state index in [0.29, 0.717) is 6.04 Å². The molecular formula is C14H21BrN2. The van der Waals surface area contributed by atoms with E-state index < -0.39 is 0 Å². The lowest BCUT2D eigenvalue weighted by Crippen LogP contribution is -2.23. The fourth-order valence-corrected chi connectivity index (χ4v) is 2.96. The molecule has 1 aliphatic carbocycles. The van der Waals surface area contributed by atoms with Gasteiger partial charge < -0.3 is 5.32 Å². The third-order valence-corrected chi connectivity index (χ3v) is 4.07. The molecule has 0 radical (unpaired) electrons. The SMILES string of the molecule is CCNC(CC1CCCC1)c1ccc(Br)cn1. The van der Waals surface area contributed by atoms with Crippen LogP contribution >= 0.6 is 15.9 Å². The molecule has 2 rings (SSSR count). The van der Waals surface area contributed by atoms with Crippen molar-refractivity contribution in [2.24, 2.45) is 5.92 Å². The summed E-state index contributed by atoms with van der Waals surface area (Å²) in [5.74, 6) is 0.893. The Hall–Kier alpha value is -0.410. The van der Waals surface area contributed by atoms with Gasteiger partial charge in [-0.05, 0) is 46.9 Å². The fraction of sp³-hybridized carbons (Fsp3) is 0.643. The molecular weight excluding hydrogens is 276 g/mol. The van der Waals surface area contributed by atoms with Crippen LogP contribution in [0.5, 0.6) is 0 Å². The molecule has 0 spiro atoms. The quantitative estimate of drug-likeness (QED) is 0.886. The maximum Gasteiger partial charge on any atom is 0.0574 e. The predicted octanol–water partition coefficient (Wildman–Crippen LogP) is 4.08. The Labute approximate surface area is 112 Å². The average Bonchev–Trinajstić information content (AvgIpc) is 2.82. The molecule has 1 N–H and O–H groups in total. The molecule has 1 saturated carbocycles. The molecule has 1 unspecified atom stereocenters. The van der Waals surface area contributed by atoms with Gasteiger partial charge in [0.25, 0.3) is 0 Å². The highest BCUT2D eigenvalue weighted by atomic mass is 79.9. The summed E-state index contributed by atoms with van der Waals surface area (Å²) in [4.78, 5) is 4.53. The Balaban J connectivity index is 2.02. The molecule has 1 fully saturated rings. The number of hydrogen-bond donors (Lipinski definition) is 1. The van der Waals surface area contributed by atoms with E-state index in [1.807, 2.05) is 6.20 Å². The number of aromatic nitrogens is 1. The molecule has 1 atom stereocenters. The van der Waals surface area contributed by atoms with E-state index in [1.54, 1.807) is 0 Å². The molecule has 1 aromatic heterocycles. The van der Waals surface area contributed by atoms with Crippen LogP contribution in [0, 0.1) is 5.92 Å². The van der Waals surface area contributed by atoms with E-state index in [2.05, 4.69) is 45.3 Å². The normalized spacial score (nSPS) is 18.5. The van der Waals surface area contributed by atoms with Gasteiger partial charge in [0, 0.05) is 16.7 Å². The van der Waals surface area contributed by atoms with Crippen LogP contribution in [-0.4, -0.2) is 11.5 Å². The zero-order chi connectivity index (χ0) is 12.1. The summed E-state index contributed by atoms with van der Waals surface area (Å²) in [5.41, 5.74) is 1.18. The molecule has 94 valence electrons. The third-order valence-electron chi connectivity index (χ3n) is 3.60. The Morgan fingerprint density at radius 3 is 2.76 bits per heavy atom. The van der Waals surface area contributed by atoms with Crippen LogP contribution in [0.25, 0.3) is 0 Å². The van der Waals surface area contributed by atoms with E-state index in [-0.39, 0.29) is 0 Å². The van der Waals surface area contributed by atoms with Gasteiger partial charge >= 0.3 is 0 Å². The van der Waals surface area contributed by atoms with E-state index in [4.69, 9.17) is 0 Å². The van der Waals surface area contributed by atoms with Crippen molar-refractivity contribution in [2.75, 3.05) is 6.54 Å². The van der Waals surface area contributed by atoms with Gasteiger partial charge in [0.05, 0.1) is 5.69 Å². The van der Waals surface area contributed by atoms with Crippen LogP contribution < -0.4 is 5.32 Å². The minimum Gasteiger partial charge on any atom is -0.309 e. The van der Waals surface area contributed by atoms with Gasteiger partial charge in [0.1, 0.15) is 0 Å². The lowest BCUT2D eigenvalue weighted by atomic mass is 9.96. The number of nitrogens with one attached hydrogen (secondary N) is 1. The van der Waals surface area contributed by atoms with Crippen LogP contribution in [0.1, 0.15) is 50.8 Å². The molecule has 3 heteroatoms. The molecule has 0 bridgehead atoms. The van der Waals surface area contributed by atoms with Crippen molar-refractivity contribution in [3.8, 4) is 0 Å². The molecule has 0 aromatic carbocycles. The maximum atomic E-state index is 4.53. The number of nitrogens with zero attached hydrogens (tertiary/aromatic N) is 1. The second-order valence-corrected chi connectivity index (χ2v) is 5.81. The lowest BCUT2D eigenvalue weighted by Gasteiger charge is -2.21. The molecule has 0 amide bonds. The Bertz CT molecular complexity index is 331. The molecule has 2 nitrogen and oxygen atoms in total. The van der Waals surface area contributed by atoms with Crippen molar-refractivity contribution in [1.29, 1.82) is 0 Å². The van der Waals surface area contributed by atoms with Gasteiger partial charge in [-0.3, -0.25) is 4.98 Å². The van der Waals surface area contributed by atoms with E-state index >= 15 is 0 Å². The zero-order valence-electron chi connectivity index (χ0n) is 10.5. The minimum absolute atomic E-state index is 0.427. The summed E-state index contributed by atoms with van der Waals surface area (Å²) < 4.78 is 1.05. The van der Waals surface area contributed by atoms with Crippen molar-refractivity contribution in [2.45, 2.75) is 45.1 Å². The second-order valence-electron chi connectivity index (χ2n) is 4.90. The number of hydrogen-bond acceptors (Lipinski definition) is 2. The summed E-state index contributed by atoms with van der Waals surface area (Å²) in [7, 11) is 0. The third kappa shape index (κ3) is 3.78. The smallest absolute Gasteiger partial charge is 0.0574 e. The van der Waals surface area contributed by atoms with Crippen LogP contribution in [0.3, 0.4) is 0 Å². The molecule has 0 saturated heterocycles. The summed E-state index contributed by atoms with van der Waals surface area (Å²) in [6.45, 7) is 3.18. The average molecular weight is 297 g/mol. The second kappa shape index (κ2) is 6.50. The Kier molecular flexibility index (Phi) is 4.99. The molecule has 1 heterocycles. The van der Waals surface area contributed by atoms with Crippen molar-refractivity contribution in [1.82, 2.24) is 10.3 Å². The van der Waals surface area contributed by atoms with Crippen LogP contribution in [0.2, 0.25) is 0 Å². The number of pyridine rings is 1. The highest BCUT2D eigenvalue weighted by Crippen LogP contribution is 2.32. The van der Waals surface area contributed by atoms with E-state index in [0.717, 1.165) is 16.9 Å². The maximum absolute atomic E-state index is 4.53. The van der Waals surface area contributed by atoms with Gasteiger partial charge in [-0.15, -0.1) is 0 Å². The first-order chi connectivity index (χ1) is 8.29. The lowest BCUT2D eigenvalue weighted by molar-refractivity contribution is 0.395. The highest BCUT2D eigenvalue weighted by Gasteiger charge is 2.21. The van der Waals surface area contributed by atoms with Gasteiger partial charge in [-0.1, -0.05) is 32.6 Å². The first-order valence-electron chi connectivity index (χ1n) is 6.64. The van der Waals surface area contributed by atoms with Crippen molar-refractivity contribution in [3.05, 3.63) is 28.5 Å². The van der Waals surface area contributed by atoms with Crippen LogP contribution in [0.15, 0.2) is 22.8 Å². The summed E-state index contributed by atoms with van der Waals surface area (Å²) in [6, 6.07) is 4.64. The molecule has 1 aliphatic rings. The van der Waals surface area contributed by atoms with Gasteiger partial charge in [-0.25, -0.2) is 0 Å².